The Morgan fingerprint density at radius 1 is 0.435 bits per heavy atom. The SMILES string of the molecule is CCC(C)Nc1ccc2[nH]c3c(C(N)=O)cc(=O)c(=O)c=3oc2c1.CCNC(C)c1ccc2nc3c4ccccc4c(=O)cc-3oc2c1.Nc1cc2oc3cc(=O)c(-c4ccc(O)cc4O)cc-3nc2cc1-c1ccc(O)cc1O.O=c1cc2oc3cc(O)c(-c4ccc(O)cc4O)cc3nc-2cc1-c1ccc(O)cc1O.O=c1ccc2[n+]([O-])c3cc[c-]cc3oc-2c1.O=c1ccc2nc3cc[c-]cc3oc-2c1.[Na+].[Na+].[OH-].[OH-]. The van der Waals surface area contributed by atoms with E-state index < -0.39 is 22.2 Å². The van der Waals surface area contributed by atoms with Crippen molar-refractivity contribution in [3.63, 3.8) is 0 Å². The van der Waals surface area contributed by atoms with E-state index in [9.17, 15) is 89.5 Å². The van der Waals surface area contributed by atoms with Gasteiger partial charge in [-0.1, -0.05) is 50.2 Å². The molecule has 1 amide bonds. The Labute approximate surface area is 871 Å². The molecule has 0 saturated carbocycles. The fourth-order valence-corrected chi connectivity index (χ4v) is 16.0. The average Bonchev–Trinajstić information content (AvgIpc) is 0.823. The van der Waals surface area contributed by atoms with Crippen molar-refractivity contribution in [3.05, 3.63) is 378 Å². The molecule has 11 aromatic carbocycles. The van der Waals surface area contributed by atoms with E-state index in [-0.39, 0.29) is 228 Å². The summed E-state index contributed by atoms with van der Waals surface area (Å²) in [6.45, 7) is 9.21. The second-order valence-corrected chi connectivity index (χ2v) is 33.0. The molecule has 6 aliphatic carbocycles. The van der Waals surface area contributed by atoms with Gasteiger partial charge in [0.2, 0.25) is 10.8 Å². The summed E-state index contributed by atoms with van der Waals surface area (Å²) in [6, 6.07) is 74.0. The van der Waals surface area contributed by atoms with Crippen LogP contribution in [0.3, 0.4) is 0 Å². The number of phenols is 9. The summed E-state index contributed by atoms with van der Waals surface area (Å²) in [5, 5.41) is 109. The first kappa shape index (κ1) is 105. The molecule has 38 heteroatoms. The molecule has 0 radical (unpaired) electrons. The van der Waals surface area contributed by atoms with Gasteiger partial charge in [-0.15, -0.1) is 18.2 Å². The van der Waals surface area contributed by atoms with Crippen LogP contribution in [0, 0.1) is 28.1 Å². The molecule has 0 fully saturated rings. The zero-order valence-electron chi connectivity index (χ0n) is 78.4. The maximum absolute atomic E-state index is 12.6. The number of carbonyl (C=O) groups is 1. The Morgan fingerprint density at radius 2 is 0.932 bits per heavy atom. The molecule has 0 saturated heterocycles. The van der Waals surface area contributed by atoms with Gasteiger partial charge in [-0.05, 0) is 153 Å². The van der Waals surface area contributed by atoms with Crippen LogP contribution in [0.15, 0.2) is 327 Å². The molecular weight excluding hydrogens is 1910 g/mol. The number of H-pyrrole nitrogens is 1. The zero-order chi connectivity index (χ0) is 101. The van der Waals surface area contributed by atoms with Crippen molar-refractivity contribution in [1.82, 2.24) is 30.2 Å². The van der Waals surface area contributed by atoms with E-state index in [2.05, 4.69) is 69.5 Å². The maximum Gasteiger partial charge on any atom is 1.00 e. The summed E-state index contributed by atoms with van der Waals surface area (Å²) in [5.41, 5.74) is 21.5. The molecule has 36 nitrogen and oxygen atoms in total. The van der Waals surface area contributed by atoms with Crippen molar-refractivity contribution in [3.8, 4) is 154 Å². The molecule has 23 rings (SSSR count). The van der Waals surface area contributed by atoms with E-state index in [1.807, 2.05) is 55.5 Å². The molecule has 726 valence electrons. The molecule has 12 aliphatic rings. The normalized spacial score (nSPS) is 11.3. The number of hydrogen-bond donors (Lipinski definition) is 14. The third-order valence-electron chi connectivity index (χ3n) is 23.3. The predicted octanol–water partition coefficient (Wildman–Crippen LogP) is 10.9. The van der Waals surface area contributed by atoms with Gasteiger partial charge in [-0.2, -0.15) is 29.0 Å². The molecule has 0 aromatic heterocycles. The van der Waals surface area contributed by atoms with Crippen LogP contribution in [-0.2, 0) is 0 Å². The molecule has 147 heavy (non-hydrogen) atoms. The number of rotatable bonds is 11. The molecule has 2 unspecified atom stereocenters. The second-order valence-electron chi connectivity index (χ2n) is 33.0. The predicted molar refractivity (Wildman–Crippen MR) is 538 cm³/mol. The molecule has 0 bridgehead atoms. The van der Waals surface area contributed by atoms with Crippen LogP contribution in [0.25, 0.3) is 179 Å². The minimum atomic E-state index is -0.832. The van der Waals surface area contributed by atoms with E-state index in [1.54, 1.807) is 60.7 Å². The second kappa shape index (κ2) is 43.9. The number of aromatic nitrogens is 6. The number of anilines is 2. The van der Waals surface area contributed by atoms with Crippen molar-refractivity contribution in [2.45, 2.75) is 46.2 Å². The van der Waals surface area contributed by atoms with Gasteiger partial charge in [0.05, 0.1) is 22.0 Å². The standard InChI is InChI=1S/C24H16N2O6.C24H15NO7.C20H18N2O2.C17H17N3O4.C12H6NO3.C12H6NO2.2Na.2H2O/c25-17-9-23-18(7-15(17)13-3-1-11(27)5-20(13)29)26-19-8-16(22(31)10-24(19)32-23)14-4-2-12(28)6-21(14)30;26-11-1-3-13(19(28)5-11)15-7-17-23(9-21(15)30)32-24-10-22(31)16(8-18(24)25-17)14-4-2-12(27)6-20(14)29;1-3-21-12(2)13-8-9-16-18(10-13)24-19-11-17(23)14-6-4-5-7-15(14)20(19)22-16;1-3-8(2)19-9-4-5-11-13(6-9)24-16-14(20-11)10(17(18)23)7-12(21)15(16)22;14-8-5-6-10-12(7-8)16-11-4-2-1-3-9(11)13(10)15;14-8-5-6-10-12(7-8)15-11-4-2-1-3-9(11)13-10;;;;/h1-10,27-30H,25H2;1-10,26-30H;4-12,21H,3H2,1-2H3;4-8,19-20H,3H2,1-2H3,(H2,18,23);1,3-7H;1,3-7H;;;2*1H2/q;;;;2*-1;2*+1;;/p-2. The Kier molecular flexibility index (Phi) is 31.4. The fraction of sp³-hybridized carbons (Fsp3) is 0.0734. The first-order valence-corrected chi connectivity index (χ1v) is 44.0. The number of aromatic hydroxyl groups is 9. The largest absolute Gasteiger partial charge is 1.00 e. The summed E-state index contributed by atoms with van der Waals surface area (Å²) in [7, 11) is 0. The number of amides is 1. The van der Waals surface area contributed by atoms with Gasteiger partial charge < -0.3 is 116 Å². The van der Waals surface area contributed by atoms with Crippen LogP contribution in [-0.4, -0.2) is 100 Å². The first-order chi connectivity index (χ1) is 68.7. The van der Waals surface area contributed by atoms with Crippen LogP contribution < -0.4 is 124 Å². The van der Waals surface area contributed by atoms with E-state index in [0.29, 0.717) is 106 Å². The maximum atomic E-state index is 12.6. The average molecular weight is 1990 g/mol. The van der Waals surface area contributed by atoms with Crippen LogP contribution in [0.4, 0.5) is 11.4 Å². The number of fused-ring (bicyclic) bond motifs is 13. The number of aromatic amines is 1. The summed E-state index contributed by atoms with van der Waals surface area (Å²) in [5.74, 6) is -0.567. The van der Waals surface area contributed by atoms with Gasteiger partial charge in [0.15, 0.2) is 78.0 Å². The quantitative estimate of drug-likeness (QED) is 0.00836. The van der Waals surface area contributed by atoms with Crippen LogP contribution in [0.5, 0.6) is 51.7 Å². The molecule has 18 N–H and O–H groups in total. The van der Waals surface area contributed by atoms with Crippen molar-refractivity contribution < 1.29 is 152 Å². The number of phenolic OH excluding ortho intramolecular Hbond substituents is 9. The summed E-state index contributed by atoms with van der Waals surface area (Å²) in [4.78, 5) is 116. The van der Waals surface area contributed by atoms with E-state index in [0.717, 1.165) is 75.3 Å². The van der Waals surface area contributed by atoms with Gasteiger partial charge in [-0.25, -0.2) is 15.0 Å². The van der Waals surface area contributed by atoms with Crippen LogP contribution in [0.2, 0.25) is 0 Å². The van der Waals surface area contributed by atoms with Gasteiger partial charge in [0.25, 0.3) is 17.0 Å². The molecule has 0 spiro atoms. The number of carbonyl (C=O) groups excluding carboxylic acids is 1. The molecule has 2 atom stereocenters. The number of nitrogen functional groups attached to an aromatic ring is 1. The molecular formula is C109H80N10Na2O26-2. The minimum absolute atomic E-state index is 0. The van der Waals surface area contributed by atoms with E-state index in [1.165, 1.54) is 127 Å². The first-order valence-electron chi connectivity index (χ1n) is 44.0. The van der Waals surface area contributed by atoms with Crippen molar-refractivity contribution in [2.24, 2.45) is 5.73 Å². The third-order valence-corrected chi connectivity index (χ3v) is 23.3. The Hall–Kier alpha value is -17.8. The zero-order valence-corrected chi connectivity index (χ0v) is 82.4. The third kappa shape index (κ3) is 22.0. The van der Waals surface area contributed by atoms with Crippen molar-refractivity contribution >= 4 is 94.7 Å². The van der Waals surface area contributed by atoms with Gasteiger partial charge >= 0.3 is 59.1 Å². The summed E-state index contributed by atoms with van der Waals surface area (Å²) < 4.78 is 35.0. The van der Waals surface area contributed by atoms with Gasteiger partial charge in [-0.3, -0.25) is 43.3 Å². The number of primary amides is 1. The summed E-state index contributed by atoms with van der Waals surface area (Å²) >= 11 is 0. The van der Waals surface area contributed by atoms with E-state index >= 15 is 0 Å². The van der Waals surface area contributed by atoms with Crippen LogP contribution >= 0.6 is 0 Å². The number of benzene rings is 16. The van der Waals surface area contributed by atoms with Gasteiger partial charge in [0.1, 0.15) is 96.8 Å². The Balaban J connectivity index is 0.000000141. The molecule has 6 aliphatic heterocycles. The number of nitrogens with one attached hydrogen (secondary N) is 3. The van der Waals surface area contributed by atoms with Crippen molar-refractivity contribution in [1.29, 1.82) is 0 Å². The molecule has 6 heterocycles. The fourth-order valence-electron chi connectivity index (χ4n) is 16.0. The minimum Gasteiger partial charge on any atom is -0.870 e. The Bertz CT molecular complexity index is 9150. The number of nitrogens with two attached hydrogens (primary N) is 2. The smallest absolute Gasteiger partial charge is 0.870 e. The topological polar surface area (TPSA) is 628 Å². The van der Waals surface area contributed by atoms with Crippen LogP contribution in [0.1, 0.15) is 56.1 Å². The monoisotopic (exact) mass is 1990 g/mol. The Morgan fingerprint density at radius 3 is 1.52 bits per heavy atom. The van der Waals surface area contributed by atoms with E-state index in [4.69, 9.17) is 43.0 Å². The van der Waals surface area contributed by atoms with Gasteiger partial charge in [0, 0.05) is 169 Å². The number of nitrogens with zero attached hydrogens (tertiary/aromatic N) is 5. The summed E-state index contributed by atoms with van der Waals surface area (Å²) in [6.07, 6.45) is 0.950. The van der Waals surface area contributed by atoms with Crippen molar-refractivity contribution in [2.75, 3.05) is 17.6 Å². The molecule has 11 aromatic rings. The number of hydrogen-bond acceptors (Lipinski definition) is 33.